The Morgan fingerprint density at radius 2 is 1.79 bits per heavy atom. The highest BCUT2D eigenvalue weighted by atomic mass is 32.1. The molecule has 0 atom stereocenters. The van der Waals surface area contributed by atoms with Gasteiger partial charge in [-0.2, -0.15) is 9.78 Å². The zero-order chi connectivity index (χ0) is 23.4. The summed E-state index contributed by atoms with van der Waals surface area (Å²) in [4.78, 5) is 17.2. The van der Waals surface area contributed by atoms with Gasteiger partial charge in [0.1, 0.15) is 17.3 Å². The number of aromatic nitrogens is 3. The zero-order valence-corrected chi connectivity index (χ0v) is 19.8. The van der Waals surface area contributed by atoms with Crippen LogP contribution in [0.5, 0.6) is 11.5 Å². The molecule has 0 saturated heterocycles. The van der Waals surface area contributed by atoms with Crippen molar-refractivity contribution in [1.82, 2.24) is 14.8 Å². The van der Waals surface area contributed by atoms with Crippen molar-refractivity contribution in [1.29, 1.82) is 0 Å². The molecule has 0 saturated carbocycles. The maximum absolute atomic E-state index is 12.5. The van der Waals surface area contributed by atoms with Crippen LogP contribution in [0, 0.1) is 6.92 Å². The van der Waals surface area contributed by atoms with Gasteiger partial charge in [0.15, 0.2) is 6.61 Å². The molecule has 2 aromatic heterocycles. The number of thiazole rings is 1. The second-order valence-corrected chi connectivity index (χ2v) is 8.72. The van der Waals surface area contributed by atoms with E-state index in [1.807, 2.05) is 66.9 Å². The van der Waals surface area contributed by atoms with Crippen molar-refractivity contribution in [2.24, 2.45) is 0 Å². The SMILES string of the molecule is COc1ccc(-c2csc(-n3nc(C)cc3NC(=O)COc3ccc(C(C)C)cc3)n2)cc1. The van der Waals surface area contributed by atoms with Gasteiger partial charge < -0.3 is 14.8 Å². The molecule has 0 bridgehead atoms. The first-order chi connectivity index (χ1) is 15.9. The molecule has 1 amide bonds. The first kappa shape index (κ1) is 22.5. The van der Waals surface area contributed by atoms with Crippen LogP contribution >= 0.6 is 11.3 Å². The molecule has 0 fully saturated rings. The summed E-state index contributed by atoms with van der Waals surface area (Å²) >= 11 is 1.45. The monoisotopic (exact) mass is 462 g/mol. The van der Waals surface area contributed by atoms with Crippen molar-refractivity contribution in [3.8, 4) is 27.9 Å². The third-order valence-electron chi connectivity index (χ3n) is 5.07. The number of anilines is 1. The molecule has 1 N–H and O–H groups in total. The summed E-state index contributed by atoms with van der Waals surface area (Å²) in [5.41, 5.74) is 3.81. The summed E-state index contributed by atoms with van der Waals surface area (Å²) in [6, 6.07) is 17.3. The smallest absolute Gasteiger partial charge is 0.263 e. The summed E-state index contributed by atoms with van der Waals surface area (Å²) in [5, 5.41) is 10.0. The highest BCUT2D eigenvalue weighted by molar-refractivity contribution is 7.12. The van der Waals surface area contributed by atoms with Crippen LogP contribution in [0.4, 0.5) is 5.82 Å². The molecular formula is C25H26N4O3S. The van der Waals surface area contributed by atoms with E-state index in [0.29, 0.717) is 22.6 Å². The Labute approximate surface area is 197 Å². The number of hydrogen-bond acceptors (Lipinski definition) is 6. The molecule has 7 nitrogen and oxygen atoms in total. The molecule has 33 heavy (non-hydrogen) atoms. The summed E-state index contributed by atoms with van der Waals surface area (Å²) in [6.45, 7) is 6.05. The molecular weight excluding hydrogens is 436 g/mol. The van der Waals surface area contributed by atoms with Crippen molar-refractivity contribution in [3.63, 3.8) is 0 Å². The predicted molar refractivity (Wildman–Crippen MR) is 131 cm³/mol. The Bertz CT molecular complexity index is 1230. The fourth-order valence-electron chi connectivity index (χ4n) is 3.27. The van der Waals surface area contributed by atoms with Gasteiger partial charge in [0.2, 0.25) is 5.13 Å². The second-order valence-electron chi connectivity index (χ2n) is 7.89. The number of amides is 1. The van der Waals surface area contributed by atoms with Crippen molar-refractivity contribution in [3.05, 3.63) is 71.2 Å². The van der Waals surface area contributed by atoms with E-state index in [0.717, 1.165) is 22.7 Å². The quantitative estimate of drug-likeness (QED) is 0.377. The minimum Gasteiger partial charge on any atom is -0.497 e. The van der Waals surface area contributed by atoms with Gasteiger partial charge in [0.25, 0.3) is 5.91 Å². The molecule has 0 spiro atoms. The van der Waals surface area contributed by atoms with Crippen molar-refractivity contribution < 1.29 is 14.3 Å². The summed E-state index contributed by atoms with van der Waals surface area (Å²) in [5.74, 6) is 2.17. The van der Waals surface area contributed by atoms with E-state index in [1.165, 1.54) is 16.9 Å². The summed E-state index contributed by atoms with van der Waals surface area (Å²) in [6.07, 6.45) is 0. The lowest BCUT2D eigenvalue weighted by atomic mass is 10.0. The van der Waals surface area contributed by atoms with E-state index < -0.39 is 0 Å². The van der Waals surface area contributed by atoms with Gasteiger partial charge in [-0.1, -0.05) is 26.0 Å². The third-order valence-corrected chi connectivity index (χ3v) is 5.89. The average Bonchev–Trinajstić information content (AvgIpc) is 3.44. The van der Waals surface area contributed by atoms with Crippen LogP contribution in [0.15, 0.2) is 60.0 Å². The van der Waals surface area contributed by atoms with Crippen LogP contribution in [0.2, 0.25) is 0 Å². The minimum atomic E-state index is -0.268. The molecule has 0 radical (unpaired) electrons. The van der Waals surface area contributed by atoms with Gasteiger partial charge in [-0.15, -0.1) is 11.3 Å². The van der Waals surface area contributed by atoms with Crippen molar-refractivity contribution >= 4 is 23.1 Å². The van der Waals surface area contributed by atoms with Crippen molar-refractivity contribution in [2.75, 3.05) is 19.0 Å². The Morgan fingerprint density at radius 1 is 1.09 bits per heavy atom. The van der Waals surface area contributed by atoms with Crippen LogP contribution in [-0.4, -0.2) is 34.4 Å². The van der Waals surface area contributed by atoms with Gasteiger partial charge in [-0.05, 0) is 54.8 Å². The van der Waals surface area contributed by atoms with E-state index in [4.69, 9.17) is 14.5 Å². The average molecular weight is 463 g/mol. The molecule has 2 aromatic carbocycles. The number of benzene rings is 2. The van der Waals surface area contributed by atoms with Gasteiger partial charge in [-0.3, -0.25) is 4.79 Å². The second kappa shape index (κ2) is 9.87. The third kappa shape index (κ3) is 5.40. The van der Waals surface area contributed by atoms with E-state index in [-0.39, 0.29) is 12.5 Å². The lowest BCUT2D eigenvalue weighted by molar-refractivity contribution is -0.118. The van der Waals surface area contributed by atoms with Crippen LogP contribution in [0.3, 0.4) is 0 Å². The molecule has 0 aliphatic rings. The van der Waals surface area contributed by atoms with Gasteiger partial charge in [-0.25, -0.2) is 4.98 Å². The number of nitrogens with zero attached hydrogens (tertiary/aromatic N) is 3. The molecule has 170 valence electrons. The summed E-state index contributed by atoms with van der Waals surface area (Å²) in [7, 11) is 1.64. The molecule has 8 heteroatoms. The standard InChI is InChI=1S/C25H26N4O3S/c1-16(2)18-5-11-21(12-6-18)32-14-24(30)27-23-13-17(3)28-29(23)25-26-22(15-33-25)19-7-9-20(31-4)10-8-19/h5-13,15-16H,14H2,1-4H3,(H,27,30). The molecule has 0 aliphatic heterocycles. The fraction of sp³-hybridized carbons (Fsp3) is 0.240. The molecule has 2 heterocycles. The Morgan fingerprint density at radius 3 is 2.45 bits per heavy atom. The Balaban J connectivity index is 1.44. The first-order valence-electron chi connectivity index (χ1n) is 10.6. The Hall–Kier alpha value is -3.65. The number of rotatable bonds is 8. The number of carbonyl (C=O) groups excluding carboxylic acids is 1. The van der Waals surface area contributed by atoms with Crippen molar-refractivity contribution in [2.45, 2.75) is 26.7 Å². The molecule has 0 unspecified atom stereocenters. The first-order valence-corrected chi connectivity index (χ1v) is 11.5. The zero-order valence-electron chi connectivity index (χ0n) is 19.0. The number of nitrogens with one attached hydrogen (secondary N) is 1. The van der Waals surface area contributed by atoms with Crippen LogP contribution in [0.1, 0.15) is 31.0 Å². The topological polar surface area (TPSA) is 78.3 Å². The van der Waals surface area contributed by atoms with Gasteiger partial charge in [0.05, 0.1) is 18.5 Å². The van der Waals surface area contributed by atoms with Crippen LogP contribution < -0.4 is 14.8 Å². The largest absolute Gasteiger partial charge is 0.497 e. The number of carbonyl (C=O) groups is 1. The lowest BCUT2D eigenvalue weighted by Gasteiger charge is -2.10. The molecule has 4 aromatic rings. The van der Waals surface area contributed by atoms with E-state index in [1.54, 1.807) is 11.8 Å². The Kier molecular flexibility index (Phi) is 6.74. The highest BCUT2D eigenvalue weighted by Gasteiger charge is 2.15. The molecule has 0 aliphatic carbocycles. The fourth-order valence-corrected chi connectivity index (χ4v) is 4.06. The number of hydrogen-bond donors (Lipinski definition) is 1. The van der Waals surface area contributed by atoms with Crippen LogP contribution in [0.25, 0.3) is 16.4 Å². The van der Waals surface area contributed by atoms with E-state index in [9.17, 15) is 4.79 Å². The highest BCUT2D eigenvalue weighted by Crippen LogP contribution is 2.27. The van der Waals surface area contributed by atoms with Gasteiger partial charge >= 0.3 is 0 Å². The summed E-state index contributed by atoms with van der Waals surface area (Å²) < 4.78 is 12.5. The maximum atomic E-state index is 12.5. The number of aryl methyl sites for hydroxylation is 1. The maximum Gasteiger partial charge on any atom is 0.263 e. The predicted octanol–water partition coefficient (Wildman–Crippen LogP) is 5.45. The normalized spacial score (nSPS) is 10.9. The lowest BCUT2D eigenvalue weighted by Crippen LogP contribution is -2.21. The van der Waals surface area contributed by atoms with E-state index >= 15 is 0 Å². The number of methoxy groups -OCH3 is 1. The van der Waals surface area contributed by atoms with E-state index in [2.05, 4.69) is 24.3 Å². The van der Waals surface area contributed by atoms with Gasteiger partial charge in [0, 0.05) is 17.0 Å². The van der Waals surface area contributed by atoms with Crippen LogP contribution in [-0.2, 0) is 4.79 Å². The molecule has 4 rings (SSSR count). The number of ether oxygens (including phenoxy) is 2. The minimum absolute atomic E-state index is 0.0970.